The van der Waals surface area contributed by atoms with E-state index >= 15 is 0 Å². The largest absolute Gasteiger partial charge is 0.283 e. The number of thiazole rings is 1. The standard InChI is InChI=1S/C16H16N2O4S3/c1-11-3-5-12(6-4-11)10-25(21,22)18-13-7-8-14-15(9-13)23-16(17-14)24(2,19)20/h3-9,18H,10H2,1-2H3. The number of benzene rings is 2. The quantitative estimate of drug-likeness (QED) is 0.716. The van der Waals surface area contributed by atoms with Crippen molar-refractivity contribution < 1.29 is 16.8 Å². The molecule has 3 aromatic rings. The molecule has 6 nitrogen and oxygen atoms in total. The topological polar surface area (TPSA) is 93.2 Å². The second-order valence-corrected chi connectivity index (χ2v) is 10.7. The molecule has 132 valence electrons. The summed E-state index contributed by atoms with van der Waals surface area (Å²) >= 11 is 1.02. The van der Waals surface area contributed by atoms with Crippen LogP contribution < -0.4 is 4.72 Å². The summed E-state index contributed by atoms with van der Waals surface area (Å²) in [7, 11) is -6.96. The molecule has 1 aromatic heterocycles. The van der Waals surface area contributed by atoms with E-state index in [-0.39, 0.29) is 10.1 Å². The molecule has 0 saturated heterocycles. The van der Waals surface area contributed by atoms with Crippen LogP contribution in [0.4, 0.5) is 5.69 Å². The Hall–Kier alpha value is -1.97. The number of aromatic nitrogens is 1. The lowest BCUT2D eigenvalue weighted by Gasteiger charge is -2.08. The summed E-state index contributed by atoms with van der Waals surface area (Å²) in [6, 6.07) is 12.0. The van der Waals surface area contributed by atoms with Gasteiger partial charge in [0.2, 0.25) is 24.2 Å². The number of hydrogen-bond donors (Lipinski definition) is 1. The highest BCUT2D eigenvalue weighted by molar-refractivity contribution is 7.92. The van der Waals surface area contributed by atoms with Gasteiger partial charge in [0, 0.05) is 6.26 Å². The van der Waals surface area contributed by atoms with E-state index in [1.807, 2.05) is 19.1 Å². The Morgan fingerprint density at radius 3 is 2.36 bits per heavy atom. The van der Waals surface area contributed by atoms with Crippen LogP contribution in [-0.2, 0) is 25.6 Å². The maximum Gasteiger partial charge on any atom is 0.236 e. The lowest BCUT2D eigenvalue weighted by molar-refractivity contribution is 0.599. The maximum atomic E-state index is 12.3. The molecule has 1 N–H and O–H groups in total. The Morgan fingerprint density at radius 1 is 1.04 bits per heavy atom. The van der Waals surface area contributed by atoms with Gasteiger partial charge < -0.3 is 0 Å². The zero-order valence-corrected chi connectivity index (χ0v) is 16.0. The third-order valence-electron chi connectivity index (χ3n) is 3.44. The van der Waals surface area contributed by atoms with Crippen LogP contribution in [0.5, 0.6) is 0 Å². The third-order valence-corrected chi connectivity index (χ3v) is 7.39. The van der Waals surface area contributed by atoms with E-state index in [0.717, 1.165) is 23.2 Å². The first-order valence-corrected chi connectivity index (χ1v) is 11.7. The van der Waals surface area contributed by atoms with Gasteiger partial charge in [-0.1, -0.05) is 29.8 Å². The third kappa shape index (κ3) is 4.36. The smallest absolute Gasteiger partial charge is 0.236 e. The highest BCUT2D eigenvalue weighted by Crippen LogP contribution is 2.28. The molecule has 0 fully saturated rings. The molecule has 9 heteroatoms. The first-order valence-electron chi connectivity index (χ1n) is 7.29. The molecular weight excluding hydrogens is 380 g/mol. The van der Waals surface area contributed by atoms with E-state index in [9.17, 15) is 16.8 Å². The summed E-state index contributed by atoms with van der Waals surface area (Å²) < 4.78 is 51.0. The van der Waals surface area contributed by atoms with E-state index < -0.39 is 19.9 Å². The van der Waals surface area contributed by atoms with E-state index in [4.69, 9.17) is 0 Å². The number of rotatable bonds is 5. The average Bonchev–Trinajstić information content (AvgIpc) is 2.92. The fourth-order valence-corrected chi connectivity index (χ4v) is 5.31. The predicted molar refractivity (Wildman–Crippen MR) is 100 cm³/mol. The minimum absolute atomic E-state index is 0.0159. The van der Waals surface area contributed by atoms with Crippen molar-refractivity contribution in [2.45, 2.75) is 17.0 Å². The number of nitrogens with zero attached hydrogens (tertiary/aromatic N) is 1. The van der Waals surface area contributed by atoms with Crippen molar-refractivity contribution in [1.82, 2.24) is 4.98 Å². The molecule has 0 aliphatic carbocycles. The molecule has 3 rings (SSSR count). The molecule has 0 atom stereocenters. The van der Waals surface area contributed by atoms with E-state index in [0.29, 0.717) is 21.5 Å². The van der Waals surface area contributed by atoms with Crippen LogP contribution in [0.3, 0.4) is 0 Å². The van der Waals surface area contributed by atoms with Gasteiger partial charge in [0.1, 0.15) is 0 Å². The van der Waals surface area contributed by atoms with Crippen LogP contribution in [0.25, 0.3) is 10.2 Å². The Bertz CT molecular complexity index is 1130. The minimum Gasteiger partial charge on any atom is -0.283 e. The second-order valence-electron chi connectivity index (χ2n) is 5.78. The van der Waals surface area contributed by atoms with Crippen LogP contribution in [0.2, 0.25) is 0 Å². The van der Waals surface area contributed by atoms with Gasteiger partial charge in [-0.05, 0) is 30.7 Å². The summed E-state index contributed by atoms with van der Waals surface area (Å²) in [6.45, 7) is 1.94. The van der Waals surface area contributed by atoms with Gasteiger partial charge in [-0.15, -0.1) is 11.3 Å². The number of aryl methyl sites for hydroxylation is 1. The van der Waals surface area contributed by atoms with Gasteiger partial charge in [-0.2, -0.15) is 0 Å². The van der Waals surface area contributed by atoms with Crippen molar-refractivity contribution in [2.24, 2.45) is 0 Å². The van der Waals surface area contributed by atoms with Gasteiger partial charge in [0.15, 0.2) is 0 Å². The van der Waals surface area contributed by atoms with Crippen LogP contribution >= 0.6 is 11.3 Å². The van der Waals surface area contributed by atoms with Gasteiger partial charge in [0.05, 0.1) is 21.7 Å². The van der Waals surface area contributed by atoms with Crippen molar-refractivity contribution >= 4 is 47.1 Å². The molecular formula is C16H16N2O4S3. The van der Waals surface area contributed by atoms with Crippen molar-refractivity contribution in [3.05, 3.63) is 53.6 Å². The Labute approximate surface area is 150 Å². The number of sulfone groups is 1. The summed E-state index contributed by atoms with van der Waals surface area (Å²) in [6.07, 6.45) is 1.09. The van der Waals surface area contributed by atoms with Crippen LogP contribution in [0.15, 0.2) is 46.8 Å². The number of sulfonamides is 1. The molecule has 0 aliphatic rings. The zero-order valence-electron chi connectivity index (χ0n) is 13.6. The van der Waals surface area contributed by atoms with Crippen molar-refractivity contribution in [1.29, 1.82) is 0 Å². The van der Waals surface area contributed by atoms with Crippen LogP contribution in [-0.4, -0.2) is 28.1 Å². The lowest BCUT2D eigenvalue weighted by atomic mass is 10.2. The summed E-state index contributed by atoms with van der Waals surface area (Å²) in [5.41, 5.74) is 2.65. The summed E-state index contributed by atoms with van der Waals surface area (Å²) in [5, 5.41) is 0. The molecule has 0 amide bonds. The van der Waals surface area contributed by atoms with Gasteiger partial charge in [-0.25, -0.2) is 21.8 Å². The number of anilines is 1. The van der Waals surface area contributed by atoms with Crippen LogP contribution in [0.1, 0.15) is 11.1 Å². The summed E-state index contributed by atoms with van der Waals surface area (Å²) in [4.78, 5) is 4.05. The van der Waals surface area contributed by atoms with Gasteiger partial charge in [-0.3, -0.25) is 4.72 Å². The highest BCUT2D eigenvalue weighted by Gasteiger charge is 2.16. The van der Waals surface area contributed by atoms with Crippen molar-refractivity contribution in [3.63, 3.8) is 0 Å². The van der Waals surface area contributed by atoms with Gasteiger partial charge in [0.25, 0.3) is 0 Å². The highest BCUT2D eigenvalue weighted by atomic mass is 32.2. The second kappa shape index (κ2) is 6.40. The molecule has 0 unspecified atom stereocenters. The molecule has 0 aliphatic heterocycles. The Balaban J connectivity index is 1.85. The number of hydrogen-bond acceptors (Lipinski definition) is 6. The molecule has 25 heavy (non-hydrogen) atoms. The zero-order chi connectivity index (χ0) is 18.2. The molecule has 0 bridgehead atoms. The molecule has 1 heterocycles. The minimum atomic E-state index is -3.57. The monoisotopic (exact) mass is 396 g/mol. The number of nitrogens with one attached hydrogen (secondary N) is 1. The van der Waals surface area contributed by atoms with Gasteiger partial charge >= 0.3 is 0 Å². The summed E-state index contributed by atoms with van der Waals surface area (Å²) in [5.74, 6) is -0.136. The maximum absolute atomic E-state index is 12.3. The fourth-order valence-electron chi connectivity index (χ4n) is 2.24. The van der Waals surface area contributed by atoms with E-state index in [2.05, 4.69) is 9.71 Å². The van der Waals surface area contributed by atoms with E-state index in [1.54, 1.807) is 30.3 Å². The molecule has 0 spiro atoms. The van der Waals surface area contributed by atoms with E-state index in [1.165, 1.54) is 0 Å². The molecule has 0 saturated carbocycles. The normalized spacial score (nSPS) is 12.4. The Kier molecular flexibility index (Phi) is 4.56. The number of fused-ring (bicyclic) bond motifs is 1. The van der Waals surface area contributed by atoms with Crippen molar-refractivity contribution in [2.75, 3.05) is 11.0 Å². The molecule has 2 aromatic carbocycles. The SMILES string of the molecule is Cc1ccc(CS(=O)(=O)Nc2ccc3nc(S(C)(=O)=O)sc3c2)cc1. The molecule has 0 radical (unpaired) electrons. The first kappa shape index (κ1) is 17.8. The first-order chi connectivity index (χ1) is 11.6. The predicted octanol–water partition coefficient (Wildman–Crippen LogP) is 2.95. The van der Waals surface area contributed by atoms with Crippen molar-refractivity contribution in [3.8, 4) is 0 Å². The lowest BCUT2D eigenvalue weighted by Crippen LogP contribution is -2.14. The fraction of sp³-hybridized carbons (Fsp3) is 0.188. The Morgan fingerprint density at radius 2 is 1.72 bits per heavy atom. The van der Waals surface area contributed by atoms with Crippen LogP contribution in [0, 0.1) is 6.92 Å². The average molecular weight is 397 g/mol.